The Bertz CT molecular complexity index is 682. The predicted octanol–water partition coefficient (Wildman–Crippen LogP) is 1.14. The fourth-order valence-corrected chi connectivity index (χ4v) is 2.08. The fraction of sp³-hybridized carbons (Fsp3) is 0.167. The van der Waals surface area contributed by atoms with E-state index in [1.807, 2.05) is 24.3 Å². The van der Waals surface area contributed by atoms with E-state index in [2.05, 4.69) is 32.5 Å². The maximum atomic E-state index is 4.44. The molecule has 2 heterocycles. The lowest BCUT2D eigenvalue weighted by molar-refractivity contribution is 1.12. The number of allylic oxidation sites excluding steroid dienone is 1. The second kappa shape index (κ2) is 3.84. The number of hydrogen-bond acceptors (Lipinski definition) is 2. The summed E-state index contributed by atoms with van der Waals surface area (Å²) >= 11 is 0. The van der Waals surface area contributed by atoms with Crippen molar-refractivity contribution in [3.63, 3.8) is 0 Å². The number of fused-ring (bicyclic) bond motifs is 1. The summed E-state index contributed by atoms with van der Waals surface area (Å²) < 4.78 is 1.98. The Hall–Kier alpha value is -1.47. The van der Waals surface area contributed by atoms with Gasteiger partial charge in [-0.15, -0.1) is 0 Å². The van der Waals surface area contributed by atoms with Gasteiger partial charge in [0.05, 0.1) is 17.1 Å². The summed E-state index contributed by atoms with van der Waals surface area (Å²) in [5.74, 6) is 0.936. The quantitative estimate of drug-likeness (QED) is 0.689. The molecule has 2 aromatic heterocycles. The smallest absolute Gasteiger partial charge is 0.109 e. The molecule has 3 nitrogen and oxygen atoms in total. The minimum absolute atomic E-state index is 0.758. The van der Waals surface area contributed by atoms with Gasteiger partial charge in [-0.2, -0.15) is 0 Å². The van der Waals surface area contributed by atoms with Gasteiger partial charge in [0.25, 0.3) is 0 Å². The molecule has 0 amide bonds. The van der Waals surface area contributed by atoms with E-state index >= 15 is 0 Å². The fourth-order valence-electron chi connectivity index (χ4n) is 1.76. The average molecular weight is 231 g/mol. The number of imidazole rings is 1. The Labute approximate surface area is 96.5 Å². The highest BCUT2D eigenvalue weighted by Crippen LogP contribution is 2.13. The van der Waals surface area contributed by atoms with Crippen LogP contribution in [0.1, 0.15) is 12.7 Å². The van der Waals surface area contributed by atoms with E-state index in [9.17, 15) is 0 Å². The summed E-state index contributed by atoms with van der Waals surface area (Å²) in [5, 5.41) is 1.77. The van der Waals surface area contributed by atoms with Crippen LogP contribution in [0.15, 0.2) is 18.9 Å². The third-order valence-electron chi connectivity index (χ3n) is 2.68. The first-order chi connectivity index (χ1) is 7.56. The lowest BCUT2D eigenvalue weighted by Crippen LogP contribution is -2.29. The number of hydrogen-bond donors (Lipinski definition) is 0. The number of aromatic nitrogens is 3. The average Bonchev–Trinajstić information content (AvgIpc) is 2.55. The van der Waals surface area contributed by atoms with Gasteiger partial charge < -0.3 is 4.34 Å². The van der Waals surface area contributed by atoms with Crippen LogP contribution >= 0.6 is 9.39 Å². The molecule has 82 valence electrons. The summed E-state index contributed by atoms with van der Waals surface area (Å²) in [5.41, 5.74) is 2.99. The summed E-state index contributed by atoms with van der Waals surface area (Å²) in [6, 6.07) is 0. The Balaban J connectivity index is 3.19. The molecule has 0 aliphatic heterocycles. The van der Waals surface area contributed by atoms with Crippen molar-refractivity contribution in [1.29, 1.82) is 0 Å². The SMILES string of the molecule is C=C/C(C)=c1\c(=C)ncc2nc(C)n(P)c12. The van der Waals surface area contributed by atoms with E-state index in [0.29, 0.717) is 0 Å². The maximum absolute atomic E-state index is 4.44. The summed E-state index contributed by atoms with van der Waals surface area (Å²) in [6.45, 7) is 11.7. The highest BCUT2D eigenvalue weighted by atomic mass is 31.0. The summed E-state index contributed by atoms with van der Waals surface area (Å²) in [6.07, 6.45) is 3.57. The number of aryl methyl sites for hydroxylation is 1. The second-order valence-corrected chi connectivity index (χ2v) is 4.25. The van der Waals surface area contributed by atoms with Crippen molar-refractivity contribution in [2.45, 2.75) is 13.8 Å². The van der Waals surface area contributed by atoms with Gasteiger partial charge in [-0.25, -0.2) is 4.98 Å². The van der Waals surface area contributed by atoms with Crippen LogP contribution in [-0.4, -0.2) is 14.3 Å². The molecule has 0 bridgehead atoms. The predicted molar refractivity (Wildman–Crippen MR) is 71.4 cm³/mol. The van der Waals surface area contributed by atoms with Crippen molar-refractivity contribution in [3.05, 3.63) is 35.2 Å². The molecular weight excluding hydrogens is 217 g/mol. The van der Waals surface area contributed by atoms with Crippen LogP contribution in [0.5, 0.6) is 0 Å². The van der Waals surface area contributed by atoms with Gasteiger partial charge in [-0.05, 0) is 28.8 Å². The van der Waals surface area contributed by atoms with Crippen molar-refractivity contribution in [3.8, 4) is 0 Å². The van der Waals surface area contributed by atoms with Gasteiger partial charge in [0.15, 0.2) is 0 Å². The summed E-state index contributed by atoms with van der Waals surface area (Å²) in [4.78, 5) is 8.70. The molecule has 0 aliphatic carbocycles. The number of nitrogens with zero attached hydrogens (tertiary/aromatic N) is 3. The van der Waals surface area contributed by atoms with Crippen molar-refractivity contribution in [2.75, 3.05) is 0 Å². The van der Waals surface area contributed by atoms with Crippen LogP contribution < -0.4 is 10.6 Å². The first-order valence-corrected chi connectivity index (χ1v) is 5.49. The third-order valence-corrected chi connectivity index (χ3v) is 3.31. The molecule has 1 atom stereocenters. The Morgan fingerprint density at radius 2 is 2.25 bits per heavy atom. The van der Waals surface area contributed by atoms with Gasteiger partial charge in [-0.1, -0.05) is 19.2 Å². The van der Waals surface area contributed by atoms with Crippen LogP contribution in [0.4, 0.5) is 0 Å². The summed E-state index contributed by atoms with van der Waals surface area (Å²) in [7, 11) is 2.66. The molecule has 1 unspecified atom stereocenters. The Kier molecular flexibility index (Phi) is 2.64. The van der Waals surface area contributed by atoms with E-state index in [-0.39, 0.29) is 0 Å². The molecule has 0 aliphatic rings. The Morgan fingerprint density at radius 1 is 1.56 bits per heavy atom. The highest BCUT2D eigenvalue weighted by Gasteiger charge is 2.07. The van der Waals surface area contributed by atoms with Gasteiger partial charge >= 0.3 is 0 Å². The molecule has 0 aromatic carbocycles. The minimum Gasteiger partial charge on any atom is -0.312 e. The third kappa shape index (κ3) is 1.48. The zero-order valence-electron chi connectivity index (χ0n) is 9.49. The molecule has 0 fully saturated rings. The lowest BCUT2D eigenvalue weighted by atomic mass is 10.2. The molecule has 0 saturated heterocycles. The lowest BCUT2D eigenvalue weighted by Gasteiger charge is -2.00. The molecule has 2 aromatic rings. The zero-order chi connectivity index (χ0) is 11.9. The van der Waals surface area contributed by atoms with Crippen LogP contribution in [0, 0.1) is 6.92 Å². The molecule has 16 heavy (non-hydrogen) atoms. The molecule has 4 heteroatoms. The molecule has 0 radical (unpaired) electrons. The molecule has 0 saturated carbocycles. The second-order valence-electron chi connectivity index (χ2n) is 3.73. The van der Waals surface area contributed by atoms with Gasteiger partial charge in [0.2, 0.25) is 0 Å². The monoisotopic (exact) mass is 231 g/mol. The topological polar surface area (TPSA) is 30.7 Å². The van der Waals surface area contributed by atoms with Crippen molar-refractivity contribution >= 4 is 32.6 Å². The number of pyridine rings is 1. The van der Waals surface area contributed by atoms with Crippen LogP contribution in [0.3, 0.4) is 0 Å². The molecular formula is C12H14N3P. The molecule has 2 rings (SSSR count). The van der Waals surface area contributed by atoms with Crippen LogP contribution in [0.25, 0.3) is 23.2 Å². The van der Waals surface area contributed by atoms with Crippen LogP contribution in [-0.2, 0) is 0 Å². The first-order valence-electron chi connectivity index (χ1n) is 4.97. The van der Waals surface area contributed by atoms with Gasteiger partial charge in [0.1, 0.15) is 11.3 Å². The largest absolute Gasteiger partial charge is 0.312 e. The van der Waals surface area contributed by atoms with Crippen molar-refractivity contribution in [1.82, 2.24) is 14.3 Å². The standard InChI is InChI=1S/C12H14N3P/c1-5-7(2)11-8(3)13-6-10-12(11)15(16)9(4)14-10/h5-6H,1,3,16H2,2,4H3/b11-7+. The highest BCUT2D eigenvalue weighted by molar-refractivity contribution is 7.15. The van der Waals surface area contributed by atoms with Crippen LogP contribution in [0.2, 0.25) is 0 Å². The first kappa shape index (κ1) is 11.0. The van der Waals surface area contributed by atoms with Crippen molar-refractivity contribution < 1.29 is 0 Å². The van der Waals surface area contributed by atoms with E-state index in [4.69, 9.17) is 0 Å². The zero-order valence-corrected chi connectivity index (χ0v) is 10.6. The Morgan fingerprint density at radius 3 is 2.88 bits per heavy atom. The molecule has 0 spiro atoms. The van der Waals surface area contributed by atoms with E-state index in [0.717, 1.165) is 33.0 Å². The van der Waals surface area contributed by atoms with E-state index in [1.165, 1.54) is 0 Å². The van der Waals surface area contributed by atoms with Crippen molar-refractivity contribution in [2.24, 2.45) is 0 Å². The molecule has 0 N–H and O–H groups in total. The maximum Gasteiger partial charge on any atom is 0.109 e. The van der Waals surface area contributed by atoms with E-state index < -0.39 is 0 Å². The minimum atomic E-state index is 0.758. The normalized spacial score (nSPS) is 12.9. The van der Waals surface area contributed by atoms with Gasteiger partial charge in [0, 0.05) is 5.22 Å². The van der Waals surface area contributed by atoms with Gasteiger partial charge in [-0.3, -0.25) is 4.98 Å². The number of rotatable bonds is 1. The van der Waals surface area contributed by atoms with E-state index in [1.54, 1.807) is 6.20 Å².